The van der Waals surface area contributed by atoms with Gasteiger partial charge < -0.3 is 9.13 Å². The summed E-state index contributed by atoms with van der Waals surface area (Å²) in [6.07, 6.45) is 4.07. The zero-order valence-electron chi connectivity index (χ0n) is 9.36. The molecule has 0 N–H and O–H groups in total. The highest BCUT2D eigenvalue weighted by atomic mass is 14.9. The fourth-order valence-corrected chi connectivity index (χ4v) is 1.09. The molecule has 0 aliphatic carbocycles. The van der Waals surface area contributed by atoms with Crippen LogP contribution in [0.5, 0.6) is 0 Å². The summed E-state index contributed by atoms with van der Waals surface area (Å²) < 4.78 is 4.17. The molecule has 0 unspecified atom stereocenters. The SMILES string of the molecule is Cc1cccn1C.Cc1cccn1C. The average molecular weight is 190 g/mol. The van der Waals surface area contributed by atoms with Crippen LogP contribution in [-0.4, -0.2) is 9.13 Å². The van der Waals surface area contributed by atoms with E-state index in [2.05, 4.69) is 35.1 Å². The third-order valence-electron chi connectivity index (χ3n) is 2.41. The number of aryl methyl sites for hydroxylation is 4. The maximum atomic E-state index is 2.08. The summed E-state index contributed by atoms with van der Waals surface area (Å²) in [5, 5.41) is 0. The molecule has 2 rings (SSSR count). The summed E-state index contributed by atoms with van der Waals surface area (Å²) in [5.41, 5.74) is 2.61. The quantitative estimate of drug-likeness (QED) is 0.604. The van der Waals surface area contributed by atoms with Crippen LogP contribution in [0, 0.1) is 13.8 Å². The molecular formula is C12H18N2. The molecule has 76 valence electrons. The van der Waals surface area contributed by atoms with Crippen molar-refractivity contribution in [1.29, 1.82) is 0 Å². The normalized spacial score (nSPS) is 9.43. The van der Waals surface area contributed by atoms with Crippen LogP contribution in [0.3, 0.4) is 0 Å². The largest absolute Gasteiger partial charge is 0.355 e. The third kappa shape index (κ3) is 2.80. The van der Waals surface area contributed by atoms with Gasteiger partial charge in [-0.05, 0) is 38.1 Å². The lowest BCUT2D eigenvalue weighted by Gasteiger charge is -1.89. The van der Waals surface area contributed by atoms with E-state index < -0.39 is 0 Å². The van der Waals surface area contributed by atoms with Gasteiger partial charge in [-0.25, -0.2) is 0 Å². The highest BCUT2D eigenvalue weighted by molar-refractivity contribution is 5.03. The number of hydrogen-bond acceptors (Lipinski definition) is 0. The Morgan fingerprint density at radius 1 is 0.786 bits per heavy atom. The first kappa shape index (κ1) is 10.6. The Bertz CT molecular complexity index is 311. The Hall–Kier alpha value is -1.44. The smallest absolute Gasteiger partial charge is 0.0140 e. The van der Waals surface area contributed by atoms with Gasteiger partial charge in [0.2, 0.25) is 0 Å². The van der Waals surface area contributed by atoms with Crippen LogP contribution in [0.25, 0.3) is 0 Å². The van der Waals surface area contributed by atoms with Crippen LogP contribution in [0.2, 0.25) is 0 Å². The first-order valence-electron chi connectivity index (χ1n) is 4.77. The Balaban J connectivity index is 0.000000140. The Morgan fingerprint density at radius 3 is 1.21 bits per heavy atom. The van der Waals surface area contributed by atoms with E-state index in [1.807, 2.05) is 38.6 Å². The lowest BCUT2D eigenvalue weighted by Crippen LogP contribution is -1.84. The second-order valence-electron chi connectivity index (χ2n) is 3.52. The lowest BCUT2D eigenvalue weighted by molar-refractivity contribution is 0.882. The predicted octanol–water partition coefficient (Wildman–Crippen LogP) is 2.67. The van der Waals surface area contributed by atoms with Gasteiger partial charge in [0.15, 0.2) is 0 Å². The van der Waals surface area contributed by atoms with Gasteiger partial charge in [-0.2, -0.15) is 0 Å². The first-order chi connectivity index (χ1) is 6.61. The molecule has 0 radical (unpaired) electrons. The van der Waals surface area contributed by atoms with Gasteiger partial charge in [0, 0.05) is 37.9 Å². The van der Waals surface area contributed by atoms with Crippen LogP contribution < -0.4 is 0 Å². The van der Waals surface area contributed by atoms with Gasteiger partial charge in [0.25, 0.3) is 0 Å². The van der Waals surface area contributed by atoms with E-state index in [4.69, 9.17) is 0 Å². The van der Waals surface area contributed by atoms with Crippen LogP contribution >= 0.6 is 0 Å². The molecule has 0 aliphatic heterocycles. The lowest BCUT2D eigenvalue weighted by atomic mass is 10.5. The van der Waals surface area contributed by atoms with Crippen molar-refractivity contribution in [2.24, 2.45) is 14.1 Å². The summed E-state index contributed by atoms with van der Waals surface area (Å²) in [5.74, 6) is 0. The number of rotatable bonds is 0. The Morgan fingerprint density at radius 2 is 1.14 bits per heavy atom. The number of aromatic nitrogens is 2. The third-order valence-corrected chi connectivity index (χ3v) is 2.41. The standard InChI is InChI=1S/2C6H9N/c2*1-6-4-3-5-7(6)2/h2*3-5H,1-2H3. The number of hydrogen-bond donors (Lipinski definition) is 0. The van der Waals surface area contributed by atoms with E-state index in [1.54, 1.807) is 0 Å². The van der Waals surface area contributed by atoms with E-state index in [9.17, 15) is 0 Å². The van der Waals surface area contributed by atoms with E-state index >= 15 is 0 Å². The van der Waals surface area contributed by atoms with Gasteiger partial charge >= 0.3 is 0 Å². The second kappa shape index (κ2) is 4.70. The molecule has 0 atom stereocenters. The topological polar surface area (TPSA) is 9.86 Å². The van der Waals surface area contributed by atoms with Gasteiger partial charge in [0.1, 0.15) is 0 Å². The molecule has 2 heteroatoms. The molecule has 0 saturated heterocycles. The molecule has 2 nitrogen and oxygen atoms in total. The second-order valence-corrected chi connectivity index (χ2v) is 3.52. The highest BCUT2D eigenvalue weighted by Gasteiger charge is 1.82. The van der Waals surface area contributed by atoms with Gasteiger partial charge in [-0.3, -0.25) is 0 Å². The minimum Gasteiger partial charge on any atom is -0.355 e. The van der Waals surface area contributed by atoms with Crippen LogP contribution in [0.15, 0.2) is 36.7 Å². The summed E-state index contributed by atoms with van der Waals surface area (Å²) in [6.45, 7) is 4.17. The zero-order chi connectivity index (χ0) is 10.6. The average Bonchev–Trinajstić information content (AvgIpc) is 2.67. The van der Waals surface area contributed by atoms with Crippen LogP contribution in [-0.2, 0) is 14.1 Å². The minimum absolute atomic E-state index is 1.31. The predicted molar refractivity (Wildman–Crippen MR) is 60.3 cm³/mol. The molecular weight excluding hydrogens is 172 g/mol. The number of nitrogens with zero attached hydrogens (tertiary/aromatic N) is 2. The fourth-order valence-electron chi connectivity index (χ4n) is 1.09. The zero-order valence-corrected chi connectivity index (χ0v) is 9.36. The molecule has 2 heterocycles. The molecule has 0 bridgehead atoms. The summed E-state index contributed by atoms with van der Waals surface area (Å²) in [4.78, 5) is 0. The van der Waals surface area contributed by atoms with Crippen molar-refractivity contribution in [3.63, 3.8) is 0 Å². The summed E-state index contributed by atoms with van der Waals surface area (Å²) in [7, 11) is 4.07. The van der Waals surface area contributed by atoms with Gasteiger partial charge in [0.05, 0.1) is 0 Å². The maximum Gasteiger partial charge on any atom is 0.0140 e. The van der Waals surface area contributed by atoms with E-state index in [1.165, 1.54) is 11.4 Å². The van der Waals surface area contributed by atoms with Gasteiger partial charge in [-0.15, -0.1) is 0 Å². The Labute approximate surface area is 85.8 Å². The van der Waals surface area contributed by atoms with Crippen molar-refractivity contribution in [3.8, 4) is 0 Å². The molecule has 0 aromatic carbocycles. The molecule has 2 aromatic heterocycles. The van der Waals surface area contributed by atoms with Crippen molar-refractivity contribution in [3.05, 3.63) is 48.0 Å². The molecule has 0 amide bonds. The highest BCUT2D eigenvalue weighted by Crippen LogP contribution is 1.94. The molecule has 2 aromatic rings. The van der Waals surface area contributed by atoms with E-state index in [0.717, 1.165) is 0 Å². The molecule has 0 fully saturated rings. The monoisotopic (exact) mass is 190 g/mol. The molecule has 0 spiro atoms. The van der Waals surface area contributed by atoms with E-state index in [-0.39, 0.29) is 0 Å². The summed E-state index contributed by atoms with van der Waals surface area (Å²) >= 11 is 0. The minimum atomic E-state index is 1.31. The van der Waals surface area contributed by atoms with Crippen molar-refractivity contribution >= 4 is 0 Å². The van der Waals surface area contributed by atoms with Crippen LogP contribution in [0.1, 0.15) is 11.4 Å². The van der Waals surface area contributed by atoms with Crippen molar-refractivity contribution in [1.82, 2.24) is 9.13 Å². The molecule has 0 saturated carbocycles. The van der Waals surface area contributed by atoms with Crippen molar-refractivity contribution < 1.29 is 0 Å². The van der Waals surface area contributed by atoms with Crippen molar-refractivity contribution in [2.75, 3.05) is 0 Å². The first-order valence-corrected chi connectivity index (χ1v) is 4.77. The molecule has 14 heavy (non-hydrogen) atoms. The Kier molecular flexibility index (Phi) is 3.57. The van der Waals surface area contributed by atoms with Crippen molar-refractivity contribution in [2.45, 2.75) is 13.8 Å². The fraction of sp³-hybridized carbons (Fsp3) is 0.333. The van der Waals surface area contributed by atoms with Gasteiger partial charge in [-0.1, -0.05) is 0 Å². The maximum absolute atomic E-state index is 2.08. The van der Waals surface area contributed by atoms with Crippen LogP contribution in [0.4, 0.5) is 0 Å². The molecule has 0 aliphatic rings. The van der Waals surface area contributed by atoms with E-state index in [0.29, 0.717) is 0 Å². The summed E-state index contributed by atoms with van der Waals surface area (Å²) in [6, 6.07) is 8.24.